The van der Waals surface area contributed by atoms with Crippen molar-refractivity contribution in [1.82, 2.24) is 0 Å². The van der Waals surface area contributed by atoms with Gasteiger partial charge >= 0.3 is 0 Å². The third kappa shape index (κ3) is 11.7. The zero-order valence-corrected chi connectivity index (χ0v) is 14.3. The Kier molecular flexibility index (Phi) is 11.3. The van der Waals surface area contributed by atoms with Crippen LogP contribution in [0, 0.1) is 0 Å². The Labute approximate surface area is 114 Å². The minimum absolute atomic E-state index is 0.481. The van der Waals surface area contributed by atoms with Crippen molar-refractivity contribution in [3.05, 3.63) is 0 Å². The molecule has 0 aromatic rings. The van der Waals surface area contributed by atoms with Gasteiger partial charge in [-0.2, -0.15) is 0 Å². The molecular formula is C12H28O2PS2+. The second-order valence-electron chi connectivity index (χ2n) is 4.27. The second kappa shape index (κ2) is 10.8. The zero-order valence-electron chi connectivity index (χ0n) is 11.7. The third-order valence-corrected chi connectivity index (χ3v) is 8.50. The van der Waals surface area contributed by atoms with Crippen molar-refractivity contribution in [2.24, 2.45) is 0 Å². The molecule has 0 rings (SSSR count). The molecule has 0 N–H and O–H groups in total. The van der Waals surface area contributed by atoms with E-state index in [1.807, 2.05) is 0 Å². The minimum atomic E-state index is -2.39. The van der Waals surface area contributed by atoms with Crippen molar-refractivity contribution in [3.8, 4) is 0 Å². The quantitative estimate of drug-likeness (QED) is 0.321. The van der Waals surface area contributed by atoms with Crippen molar-refractivity contribution in [2.75, 3.05) is 36.8 Å². The van der Waals surface area contributed by atoms with Crippen LogP contribution in [0.2, 0.25) is 0 Å². The summed E-state index contributed by atoms with van der Waals surface area (Å²) in [5.74, 6) is 3.36. The highest BCUT2D eigenvalue weighted by atomic mass is 32.7. The largest absolute Gasteiger partial charge is 0.321 e. The first-order valence-electron chi connectivity index (χ1n) is 6.47. The Balaban J connectivity index is 3.55. The van der Waals surface area contributed by atoms with E-state index < -0.39 is 6.57 Å². The molecule has 0 heterocycles. The van der Waals surface area contributed by atoms with E-state index in [0.717, 1.165) is 17.9 Å². The van der Waals surface area contributed by atoms with Crippen LogP contribution in [0.4, 0.5) is 0 Å². The first-order valence-corrected chi connectivity index (χ1v) is 12.1. The SMILES string of the molecule is CCCCCCOP(C)(=O)SCC[S+](C)CC. The third-order valence-electron chi connectivity index (χ3n) is 2.57. The molecule has 104 valence electrons. The molecule has 0 bridgehead atoms. The highest BCUT2D eigenvalue weighted by Gasteiger charge is 2.18. The fourth-order valence-corrected chi connectivity index (χ4v) is 5.99. The Hall–Kier alpha value is 0.890. The van der Waals surface area contributed by atoms with E-state index in [-0.39, 0.29) is 0 Å². The van der Waals surface area contributed by atoms with Gasteiger partial charge in [0.05, 0.1) is 12.9 Å². The first kappa shape index (κ1) is 17.9. The fourth-order valence-electron chi connectivity index (χ4n) is 1.29. The van der Waals surface area contributed by atoms with E-state index in [1.54, 1.807) is 6.66 Å². The molecule has 0 aromatic heterocycles. The van der Waals surface area contributed by atoms with Crippen molar-refractivity contribution < 1.29 is 9.09 Å². The summed E-state index contributed by atoms with van der Waals surface area (Å²) >= 11 is 1.53. The summed E-state index contributed by atoms with van der Waals surface area (Å²) < 4.78 is 17.6. The summed E-state index contributed by atoms with van der Waals surface area (Å²) in [5.41, 5.74) is 0. The lowest BCUT2D eigenvalue weighted by Gasteiger charge is -2.12. The highest BCUT2D eigenvalue weighted by molar-refractivity contribution is 8.56. The lowest BCUT2D eigenvalue weighted by Crippen LogP contribution is -2.09. The van der Waals surface area contributed by atoms with Gasteiger partial charge in [0.1, 0.15) is 11.5 Å². The molecule has 5 heteroatoms. The van der Waals surface area contributed by atoms with Crippen LogP contribution in [-0.2, 0) is 20.0 Å². The number of hydrogen-bond acceptors (Lipinski definition) is 3. The van der Waals surface area contributed by atoms with Crippen LogP contribution >= 0.6 is 18.0 Å². The van der Waals surface area contributed by atoms with Gasteiger partial charge in [-0.1, -0.05) is 37.6 Å². The van der Waals surface area contributed by atoms with Gasteiger partial charge in [-0.15, -0.1) is 0 Å². The second-order valence-corrected chi connectivity index (χ2v) is 12.1. The number of hydrogen-bond donors (Lipinski definition) is 0. The summed E-state index contributed by atoms with van der Waals surface area (Å²) in [5, 5.41) is 0. The fraction of sp³-hybridized carbons (Fsp3) is 1.00. The Bertz CT molecular complexity index is 225. The van der Waals surface area contributed by atoms with Gasteiger partial charge in [0.25, 0.3) is 6.57 Å². The predicted octanol–water partition coefficient (Wildman–Crippen LogP) is 4.41. The van der Waals surface area contributed by atoms with Gasteiger partial charge in [0.15, 0.2) is 0 Å². The lowest BCUT2D eigenvalue weighted by molar-refractivity contribution is 0.316. The van der Waals surface area contributed by atoms with Gasteiger partial charge < -0.3 is 4.52 Å². The first-order chi connectivity index (χ1) is 8.02. The van der Waals surface area contributed by atoms with Gasteiger partial charge in [-0.3, -0.25) is 4.57 Å². The number of unbranched alkanes of at least 4 members (excludes halogenated alkanes) is 3. The Morgan fingerprint density at radius 2 is 1.94 bits per heavy atom. The maximum Gasteiger partial charge on any atom is 0.254 e. The van der Waals surface area contributed by atoms with E-state index in [0.29, 0.717) is 17.5 Å². The van der Waals surface area contributed by atoms with Crippen molar-refractivity contribution in [1.29, 1.82) is 0 Å². The van der Waals surface area contributed by atoms with Crippen LogP contribution in [-0.4, -0.2) is 36.8 Å². The molecule has 0 aliphatic rings. The number of rotatable bonds is 11. The molecule has 0 saturated heterocycles. The van der Waals surface area contributed by atoms with Gasteiger partial charge in [-0.05, 0) is 24.2 Å². The van der Waals surface area contributed by atoms with E-state index in [4.69, 9.17) is 4.52 Å². The molecule has 2 atom stereocenters. The van der Waals surface area contributed by atoms with Crippen LogP contribution in [0.25, 0.3) is 0 Å². The Morgan fingerprint density at radius 1 is 1.24 bits per heavy atom. The Morgan fingerprint density at radius 3 is 2.53 bits per heavy atom. The van der Waals surface area contributed by atoms with Crippen molar-refractivity contribution in [2.45, 2.75) is 39.5 Å². The minimum Gasteiger partial charge on any atom is -0.321 e. The average molecular weight is 299 g/mol. The van der Waals surface area contributed by atoms with Gasteiger partial charge in [0, 0.05) is 12.4 Å². The lowest BCUT2D eigenvalue weighted by atomic mass is 10.2. The molecule has 0 aromatic carbocycles. The monoisotopic (exact) mass is 299 g/mol. The summed E-state index contributed by atoms with van der Waals surface area (Å²) in [6.45, 7) is 4.44. The van der Waals surface area contributed by atoms with Crippen molar-refractivity contribution in [3.63, 3.8) is 0 Å². The summed E-state index contributed by atoms with van der Waals surface area (Å²) in [7, 11) is 0.481. The van der Waals surface area contributed by atoms with Crippen LogP contribution in [0.15, 0.2) is 0 Å². The highest BCUT2D eigenvalue weighted by Crippen LogP contribution is 2.56. The zero-order chi connectivity index (χ0) is 13.1. The molecule has 0 radical (unpaired) electrons. The maximum atomic E-state index is 12.1. The van der Waals surface area contributed by atoms with E-state index in [1.165, 1.54) is 36.4 Å². The standard InChI is InChI=1S/C12H28O2PS2/c1-5-7-8-9-10-14-15(3,13)16-11-12-17(4)6-2/h5-12H2,1-4H3/q+1. The van der Waals surface area contributed by atoms with Crippen LogP contribution in [0.5, 0.6) is 0 Å². The molecule has 2 nitrogen and oxygen atoms in total. The normalized spacial score (nSPS) is 16.7. The van der Waals surface area contributed by atoms with Crippen LogP contribution < -0.4 is 0 Å². The molecule has 0 spiro atoms. The molecule has 0 fully saturated rings. The molecule has 2 unspecified atom stereocenters. The molecule has 0 saturated carbocycles. The average Bonchev–Trinajstić information content (AvgIpc) is 2.28. The molecule has 0 amide bonds. The topological polar surface area (TPSA) is 26.3 Å². The predicted molar refractivity (Wildman–Crippen MR) is 84.8 cm³/mol. The van der Waals surface area contributed by atoms with Crippen LogP contribution in [0.1, 0.15) is 39.5 Å². The van der Waals surface area contributed by atoms with E-state index in [2.05, 4.69) is 20.1 Å². The maximum absolute atomic E-state index is 12.1. The smallest absolute Gasteiger partial charge is 0.254 e. The molecule has 0 aliphatic carbocycles. The van der Waals surface area contributed by atoms with Crippen molar-refractivity contribution >= 4 is 28.8 Å². The summed E-state index contributed by atoms with van der Waals surface area (Å²) in [4.78, 5) is 0. The van der Waals surface area contributed by atoms with Crippen LogP contribution in [0.3, 0.4) is 0 Å². The molecule has 0 aliphatic heterocycles. The summed E-state index contributed by atoms with van der Waals surface area (Å²) in [6.07, 6.45) is 6.98. The van der Waals surface area contributed by atoms with E-state index >= 15 is 0 Å². The van der Waals surface area contributed by atoms with E-state index in [9.17, 15) is 4.57 Å². The summed E-state index contributed by atoms with van der Waals surface area (Å²) in [6, 6.07) is 0. The van der Waals surface area contributed by atoms with Gasteiger partial charge in [0.2, 0.25) is 0 Å². The van der Waals surface area contributed by atoms with Gasteiger partial charge in [-0.25, -0.2) is 0 Å². The molecular weight excluding hydrogens is 271 g/mol. The molecule has 17 heavy (non-hydrogen) atoms.